The molecule has 0 saturated heterocycles. The minimum absolute atomic E-state index is 0.00120. The van der Waals surface area contributed by atoms with Gasteiger partial charge in [0.1, 0.15) is 5.75 Å². The summed E-state index contributed by atoms with van der Waals surface area (Å²) < 4.78 is 6.43. The van der Waals surface area contributed by atoms with E-state index in [0.717, 1.165) is 3.57 Å². The Balaban J connectivity index is 2.30. The zero-order valence-electron chi connectivity index (χ0n) is 8.54. The summed E-state index contributed by atoms with van der Waals surface area (Å²) in [5.41, 5.74) is -0.147. The highest BCUT2D eigenvalue weighted by molar-refractivity contribution is 14.1. The Morgan fingerprint density at radius 1 is 1.24 bits per heavy atom. The smallest absolute Gasteiger partial charge is 0.331 e. The van der Waals surface area contributed by atoms with Crippen LogP contribution in [0, 0.1) is 13.7 Å². The van der Waals surface area contributed by atoms with Crippen molar-refractivity contribution in [2.24, 2.45) is 0 Å². The molecule has 0 bridgehead atoms. The van der Waals surface area contributed by atoms with Crippen LogP contribution >= 0.6 is 22.6 Å². The Bertz CT molecular complexity index is 543. The van der Waals surface area contributed by atoms with Crippen molar-refractivity contribution in [3.05, 3.63) is 56.3 Å². The van der Waals surface area contributed by atoms with Crippen molar-refractivity contribution in [2.45, 2.75) is 0 Å². The van der Waals surface area contributed by atoms with Crippen LogP contribution in [-0.2, 0) is 0 Å². The largest absolute Gasteiger partial charge is 0.434 e. The number of hydrogen-bond acceptors (Lipinski definition) is 4. The zero-order chi connectivity index (χ0) is 12.3. The van der Waals surface area contributed by atoms with Gasteiger partial charge in [-0.3, -0.25) is 10.1 Å². The lowest BCUT2D eigenvalue weighted by Gasteiger charge is -2.04. The Labute approximate surface area is 111 Å². The van der Waals surface area contributed by atoms with Crippen molar-refractivity contribution in [3.63, 3.8) is 0 Å². The quantitative estimate of drug-likeness (QED) is 0.487. The lowest BCUT2D eigenvalue weighted by atomic mass is 10.3. The van der Waals surface area contributed by atoms with Crippen LogP contribution in [0.2, 0.25) is 0 Å². The van der Waals surface area contributed by atoms with Gasteiger partial charge in [0.25, 0.3) is 5.88 Å². The van der Waals surface area contributed by atoms with Crippen LogP contribution in [0.4, 0.5) is 5.69 Å². The van der Waals surface area contributed by atoms with Crippen LogP contribution in [0.1, 0.15) is 0 Å². The number of rotatable bonds is 3. The van der Waals surface area contributed by atoms with E-state index in [0.29, 0.717) is 5.75 Å². The molecule has 0 unspecified atom stereocenters. The molecule has 0 amide bonds. The monoisotopic (exact) mass is 342 g/mol. The normalized spacial score (nSPS) is 9.94. The van der Waals surface area contributed by atoms with Gasteiger partial charge >= 0.3 is 5.69 Å². The summed E-state index contributed by atoms with van der Waals surface area (Å²) in [6, 6.07) is 10.0. The van der Waals surface area contributed by atoms with E-state index in [9.17, 15) is 10.1 Å². The predicted octanol–water partition coefficient (Wildman–Crippen LogP) is 3.39. The number of nitro groups is 1. The molecule has 6 heteroatoms. The lowest BCUT2D eigenvalue weighted by Crippen LogP contribution is -1.95. The highest BCUT2D eigenvalue weighted by atomic mass is 127. The van der Waals surface area contributed by atoms with Gasteiger partial charge in [0.2, 0.25) is 0 Å². The molecule has 0 spiro atoms. The van der Waals surface area contributed by atoms with Crippen molar-refractivity contribution in [3.8, 4) is 11.6 Å². The number of benzene rings is 1. The third-order valence-corrected chi connectivity index (χ3v) is 2.70. The summed E-state index contributed by atoms with van der Waals surface area (Å²) in [6.07, 6.45) is 1.45. The molecule has 1 aromatic carbocycles. The van der Waals surface area contributed by atoms with Gasteiger partial charge in [0.15, 0.2) is 0 Å². The van der Waals surface area contributed by atoms with Crippen LogP contribution in [-0.4, -0.2) is 9.91 Å². The standard InChI is InChI=1S/C11H7IN2O3/c12-8-3-5-9(6-4-8)17-11-10(14(15)16)2-1-7-13-11/h1-7H. The fourth-order valence-electron chi connectivity index (χ4n) is 1.21. The third kappa shape index (κ3) is 2.90. The summed E-state index contributed by atoms with van der Waals surface area (Å²) >= 11 is 2.17. The maximum atomic E-state index is 10.8. The van der Waals surface area contributed by atoms with Gasteiger partial charge in [-0.05, 0) is 52.9 Å². The molecule has 17 heavy (non-hydrogen) atoms. The van der Waals surface area contributed by atoms with Gasteiger partial charge in [-0.2, -0.15) is 0 Å². The van der Waals surface area contributed by atoms with Gasteiger partial charge in [-0.15, -0.1) is 0 Å². The molecule has 1 aromatic heterocycles. The first-order valence-electron chi connectivity index (χ1n) is 4.69. The number of hydrogen-bond donors (Lipinski definition) is 0. The second kappa shape index (κ2) is 5.09. The second-order valence-corrected chi connectivity index (χ2v) is 4.39. The molecule has 0 N–H and O–H groups in total. The molecule has 86 valence electrons. The van der Waals surface area contributed by atoms with Crippen LogP contribution in [0.5, 0.6) is 11.6 Å². The maximum absolute atomic E-state index is 10.8. The molecule has 0 saturated carbocycles. The first kappa shape index (κ1) is 11.8. The number of nitrogens with zero attached hydrogens (tertiary/aromatic N) is 2. The molecule has 0 fully saturated rings. The summed E-state index contributed by atoms with van der Waals surface area (Å²) in [4.78, 5) is 14.1. The number of ether oxygens (including phenoxy) is 1. The molecule has 1 heterocycles. The van der Waals surface area contributed by atoms with Crippen LogP contribution in [0.3, 0.4) is 0 Å². The summed E-state index contributed by atoms with van der Waals surface area (Å²) in [5.74, 6) is 0.519. The van der Waals surface area contributed by atoms with Gasteiger partial charge in [-0.25, -0.2) is 4.98 Å². The summed E-state index contributed by atoms with van der Waals surface area (Å²) in [6.45, 7) is 0. The van der Waals surface area contributed by atoms with Crippen molar-refractivity contribution in [1.29, 1.82) is 0 Å². The maximum Gasteiger partial charge on any atom is 0.331 e. The van der Waals surface area contributed by atoms with Crippen molar-refractivity contribution in [2.75, 3.05) is 0 Å². The molecule has 0 aliphatic carbocycles. The summed E-state index contributed by atoms with van der Waals surface area (Å²) in [7, 11) is 0. The van der Waals surface area contributed by atoms with Gasteiger partial charge in [-0.1, -0.05) is 0 Å². The first-order chi connectivity index (χ1) is 8.16. The fourth-order valence-corrected chi connectivity index (χ4v) is 1.57. The van der Waals surface area contributed by atoms with Crippen LogP contribution < -0.4 is 4.74 Å². The van der Waals surface area contributed by atoms with E-state index < -0.39 is 4.92 Å². The van der Waals surface area contributed by atoms with E-state index in [1.165, 1.54) is 18.3 Å². The zero-order valence-corrected chi connectivity index (χ0v) is 10.7. The van der Waals surface area contributed by atoms with E-state index in [4.69, 9.17) is 4.74 Å². The van der Waals surface area contributed by atoms with Crippen molar-refractivity contribution >= 4 is 28.3 Å². The first-order valence-corrected chi connectivity index (χ1v) is 5.77. The topological polar surface area (TPSA) is 65.3 Å². The number of halogens is 1. The Kier molecular flexibility index (Phi) is 3.52. The van der Waals surface area contributed by atoms with E-state index in [1.807, 2.05) is 12.1 Å². The fraction of sp³-hybridized carbons (Fsp3) is 0. The number of pyridine rings is 1. The molecule has 0 atom stereocenters. The van der Waals surface area contributed by atoms with E-state index >= 15 is 0 Å². The molecule has 0 aliphatic heterocycles. The van der Waals surface area contributed by atoms with Crippen LogP contribution in [0.15, 0.2) is 42.6 Å². The lowest BCUT2D eigenvalue weighted by molar-refractivity contribution is -0.386. The highest BCUT2D eigenvalue weighted by Crippen LogP contribution is 2.28. The van der Waals surface area contributed by atoms with Gasteiger partial charge in [0, 0.05) is 15.8 Å². The van der Waals surface area contributed by atoms with E-state index in [1.54, 1.807) is 12.1 Å². The molecule has 0 radical (unpaired) electrons. The Hall–Kier alpha value is -1.70. The third-order valence-electron chi connectivity index (χ3n) is 1.98. The average Bonchev–Trinajstić information content (AvgIpc) is 2.32. The Morgan fingerprint density at radius 2 is 1.94 bits per heavy atom. The molecule has 5 nitrogen and oxygen atoms in total. The summed E-state index contributed by atoms with van der Waals surface area (Å²) in [5, 5.41) is 10.8. The average molecular weight is 342 g/mol. The van der Waals surface area contributed by atoms with Crippen molar-refractivity contribution < 1.29 is 9.66 Å². The Morgan fingerprint density at radius 3 is 2.59 bits per heavy atom. The van der Waals surface area contributed by atoms with Crippen molar-refractivity contribution in [1.82, 2.24) is 4.98 Å². The van der Waals surface area contributed by atoms with E-state index in [2.05, 4.69) is 27.6 Å². The molecule has 2 aromatic rings. The second-order valence-electron chi connectivity index (χ2n) is 3.14. The molecule has 0 aliphatic rings. The molecule has 2 rings (SSSR count). The minimum Gasteiger partial charge on any atom is -0.434 e. The van der Waals surface area contributed by atoms with Gasteiger partial charge < -0.3 is 4.74 Å². The minimum atomic E-state index is -0.519. The number of aromatic nitrogens is 1. The van der Waals surface area contributed by atoms with E-state index in [-0.39, 0.29) is 11.6 Å². The SMILES string of the molecule is O=[N+]([O-])c1cccnc1Oc1ccc(I)cc1. The van der Waals surface area contributed by atoms with Crippen LogP contribution in [0.25, 0.3) is 0 Å². The van der Waals surface area contributed by atoms with Gasteiger partial charge in [0.05, 0.1) is 4.92 Å². The highest BCUT2D eigenvalue weighted by Gasteiger charge is 2.16. The predicted molar refractivity (Wildman–Crippen MR) is 70.1 cm³/mol. The molecular weight excluding hydrogens is 335 g/mol. The molecular formula is C11H7IN2O3.